The van der Waals surface area contributed by atoms with Gasteiger partial charge in [-0.15, -0.1) is 0 Å². The molecule has 6 heteroatoms. The molecule has 3 aromatic carbocycles. The zero-order valence-corrected chi connectivity index (χ0v) is 22.7. The maximum absolute atomic E-state index is 14.3. The molecule has 0 radical (unpaired) electrons. The average Bonchev–Trinajstić information content (AvgIpc) is 2.80. The van der Waals surface area contributed by atoms with Crippen molar-refractivity contribution in [2.45, 2.75) is 57.4 Å². The summed E-state index contributed by atoms with van der Waals surface area (Å²) in [5, 5.41) is 0. The van der Waals surface area contributed by atoms with Gasteiger partial charge in [0.1, 0.15) is 5.82 Å². The van der Waals surface area contributed by atoms with Crippen LogP contribution in [0.1, 0.15) is 60.4 Å². The fraction of sp³-hybridized carbons (Fsp3) is 0.333. The molecule has 0 heterocycles. The highest BCUT2D eigenvalue weighted by Crippen LogP contribution is 2.38. The van der Waals surface area contributed by atoms with E-state index in [9.17, 15) is 12.8 Å². The van der Waals surface area contributed by atoms with Gasteiger partial charge in [-0.05, 0) is 84.1 Å². The molecule has 1 aliphatic rings. The van der Waals surface area contributed by atoms with Crippen molar-refractivity contribution >= 4 is 10.0 Å². The smallest absolute Gasteiger partial charge is 0.261 e. The van der Waals surface area contributed by atoms with Crippen molar-refractivity contribution < 1.29 is 12.8 Å². The van der Waals surface area contributed by atoms with E-state index in [1.807, 2.05) is 49.3 Å². The molecule has 0 amide bonds. The summed E-state index contributed by atoms with van der Waals surface area (Å²) in [5.41, 5.74) is 7.67. The van der Waals surface area contributed by atoms with Crippen molar-refractivity contribution in [3.05, 3.63) is 100 Å². The third-order valence-electron chi connectivity index (χ3n) is 6.75. The molecule has 1 aliphatic carbocycles. The molecule has 1 atom stereocenters. The normalized spacial score (nSPS) is 15.7. The Kier molecular flexibility index (Phi) is 7.39. The van der Waals surface area contributed by atoms with Gasteiger partial charge in [0, 0.05) is 24.6 Å². The fourth-order valence-corrected chi connectivity index (χ4v) is 5.96. The van der Waals surface area contributed by atoms with E-state index in [1.165, 1.54) is 0 Å². The zero-order chi connectivity index (χ0) is 26.2. The monoisotopic (exact) mass is 506 g/mol. The Morgan fingerprint density at radius 1 is 1.03 bits per heavy atom. The third kappa shape index (κ3) is 5.55. The summed E-state index contributed by atoms with van der Waals surface area (Å²) in [7, 11) is 0.263. The van der Waals surface area contributed by atoms with Crippen LogP contribution in [-0.4, -0.2) is 27.4 Å². The van der Waals surface area contributed by atoms with Crippen molar-refractivity contribution in [2.75, 3.05) is 14.1 Å². The van der Waals surface area contributed by atoms with Gasteiger partial charge in [-0.1, -0.05) is 63.2 Å². The van der Waals surface area contributed by atoms with Gasteiger partial charge in [0.05, 0.1) is 4.90 Å². The molecule has 0 bridgehead atoms. The second-order valence-corrected chi connectivity index (χ2v) is 12.1. The first-order valence-corrected chi connectivity index (χ1v) is 13.8. The van der Waals surface area contributed by atoms with Crippen molar-refractivity contribution in [3.63, 3.8) is 0 Å². The summed E-state index contributed by atoms with van der Waals surface area (Å²) < 4.78 is 43.5. The largest absolute Gasteiger partial charge is 0.305 e. The quantitative estimate of drug-likeness (QED) is 0.398. The topological polar surface area (TPSA) is 49.4 Å². The summed E-state index contributed by atoms with van der Waals surface area (Å²) in [6.45, 7) is 8.86. The molecular formula is C30H35FN2O2S. The second kappa shape index (κ2) is 10.2. The molecule has 0 saturated heterocycles. The van der Waals surface area contributed by atoms with Crippen LogP contribution in [-0.2, 0) is 23.0 Å². The number of halogens is 1. The summed E-state index contributed by atoms with van der Waals surface area (Å²) in [4.78, 5) is 2.30. The van der Waals surface area contributed by atoms with Gasteiger partial charge in [0.15, 0.2) is 0 Å². The minimum absolute atomic E-state index is 0.0154. The number of rotatable bonds is 7. The Morgan fingerprint density at radius 3 is 2.33 bits per heavy atom. The van der Waals surface area contributed by atoms with Crippen molar-refractivity contribution in [2.24, 2.45) is 0 Å². The lowest BCUT2D eigenvalue weighted by molar-refractivity contribution is 0.402. The fourth-order valence-electron chi connectivity index (χ4n) is 4.86. The zero-order valence-electron chi connectivity index (χ0n) is 21.9. The van der Waals surface area contributed by atoms with Crippen LogP contribution >= 0.6 is 0 Å². The number of allylic oxidation sites excluding steroid dienone is 2. The lowest BCUT2D eigenvalue weighted by Gasteiger charge is -2.28. The molecule has 4 rings (SSSR count). The molecule has 1 N–H and O–H groups in total. The first-order valence-electron chi connectivity index (χ1n) is 12.3. The minimum Gasteiger partial charge on any atom is -0.305 e. The highest BCUT2D eigenvalue weighted by molar-refractivity contribution is 7.89. The van der Waals surface area contributed by atoms with E-state index in [-0.39, 0.29) is 22.5 Å². The molecular weight excluding hydrogens is 471 g/mol. The van der Waals surface area contributed by atoms with Crippen LogP contribution in [0.4, 0.5) is 4.39 Å². The average molecular weight is 507 g/mol. The van der Waals surface area contributed by atoms with E-state index in [0.717, 1.165) is 39.9 Å². The van der Waals surface area contributed by atoms with Gasteiger partial charge in [-0.2, -0.15) is 0 Å². The van der Waals surface area contributed by atoms with Crippen LogP contribution in [0, 0.1) is 12.7 Å². The van der Waals surface area contributed by atoms with Crippen molar-refractivity contribution in [1.82, 2.24) is 9.62 Å². The lowest BCUT2D eigenvalue weighted by atomic mass is 9.80. The number of benzene rings is 3. The van der Waals surface area contributed by atoms with E-state index >= 15 is 0 Å². The van der Waals surface area contributed by atoms with E-state index < -0.39 is 10.0 Å². The Balaban J connectivity index is 1.65. The first kappa shape index (κ1) is 26.1. The number of sulfonamides is 1. The standard InChI is InChI=1S/C30H35FN2O2S/c1-19(2)27-14-24(23-10-7-20(3)30(31)16-23)15-28-21(4)13-25(17-29(27)28)32-36(34,35)26-11-8-22(9-12-26)18-33(5)6/h7-16,19,21,32H,17-18H2,1-6H3. The van der Waals surface area contributed by atoms with E-state index in [0.29, 0.717) is 17.7 Å². The van der Waals surface area contributed by atoms with Crippen LogP contribution in [0.15, 0.2) is 71.3 Å². The maximum Gasteiger partial charge on any atom is 0.261 e. The van der Waals surface area contributed by atoms with E-state index in [4.69, 9.17) is 0 Å². The van der Waals surface area contributed by atoms with E-state index in [1.54, 1.807) is 25.1 Å². The molecule has 0 fully saturated rings. The molecule has 0 spiro atoms. The lowest BCUT2D eigenvalue weighted by Crippen LogP contribution is -2.27. The number of nitrogens with one attached hydrogen (secondary N) is 1. The van der Waals surface area contributed by atoms with Gasteiger partial charge < -0.3 is 4.90 Å². The van der Waals surface area contributed by atoms with Crippen LogP contribution in [0.3, 0.4) is 0 Å². The molecule has 0 aliphatic heterocycles. The summed E-state index contributed by atoms with van der Waals surface area (Å²) in [5.74, 6) is 0.0405. The summed E-state index contributed by atoms with van der Waals surface area (Å²) in [6, 6.07) is 16.6. The Hall–Kier alpha value is -2.96. The Bertz CT molecular complexity index is 1410. The highest BCUT2D eigenvalue weighted by atomic mass is 32.2. The van der Waals surface area contributed by atoms with Gasteiger partial charge in [-0.25, -0.2) is 12.8 Å². The van der Waals surface area contributed by atoms with Crippen LogP contribution in [0.25, 0.3) is 11.1 Å². The Labute approximate surface area is 214 Å². The molecule has 36 heavy (non-hydrogen) atoms. The molecule has 0 aromatic heterocycles. The van der Waals surface area contributed by atoms with Crippen molar-refractivity contribution in [1.29, 1.82) is 0 Å². The summed E-state index contributed by atoms with van der Waals surface area (Å²) in [6.07, 6.45) is 2.50. The number of nitrogens with zero attached hydrogens (tertiary/aromatic N) is 1. The summed E-state index contributed by atoms with van der Waals surface area (Å²) >= 11 is 0. The SMILES string of the molecule is Cc1ccc(-c2cc(C(C)C)c3c(c2)C(C)C=C(NS(=O)(=O)c2ccc(CN(C)C)cc2)C3)cc1F. The highest BCUT2D eigenvalue weighted by Gasteiger charge is 2.25. The number of hydrogen-bond donors (Lipinski definition) is 1. The third-order valence-corrected chi connectivity index (χ3v) is 8.18. The van der Waals surface area contributed by atoms with Crippen LogP contribution < -0.4 is 4.72 Å². The van der Waals surface area contributed by atoms with Gasteiger partial charge in [-0.3, -0.25) is 4.72 Å². The number of aryl methyl sites for hydroxylation is 1. The van der Waals surface area contributed by atoms with Gasteiger partial charge in [0.25, 0.3) is 10.0 Å². The molecule has 0 saturated carbocycles. The molecule has 3 aromatic rings. The van der Waals surface area contributed by atoms with E-state index in [2.05, 4.69) is 37.6 Å². The predicted molar refractivity (Wildman–Crippen MR) is 145 cm³/mol. The number of hydrogen-bond acceptors (Lipinski definition) is 3. The molecule has 190 valence electrons. The van der Waals surface area contributed by atoms with Gasteiger partial charge >= 0.3 is 0 Å². The minimum atomic E-state index is -3.70. The first-order chi connectivity index (χ1) is 16.9. The number of fused-ring (bicyclic) bond motifs is 1. The second-order valence-electron chi connectivity index (χ2n) is 10.4. The Morgan fingerprint density at radius 2 is 1.72 bits per heavy atom. The maximum atomic E-state index is 14.3. The van der Waals surface area contributed by atoms with Crippen molar-refractivity contribution in [3.8, 4) is 11.1 Å². The molecule has 1 unspecified atom stereocenters. The van der Waals surface area contributed by atoms with Crippen LogP contribution in [0.5, 0.6) is 0 Å². The molecule has 4 nitrogen and oxygen atoms in total. The van der Waals surface area contributed by atoms with Gasteiger partial charge in [0.2, 0.25) is 0 Å². The van der Waals surface area contributed by atoms with Crippen LogP contribution in [0.2, 0.25) is 0 Å². The predicted octanol–water partition coefficient (Wildman–Crippen LogP) is 6.51.